The Labute approximate surface area is 222 Å². The van der Waals surface area contributed by atoms with Gasteiger partial charge in [0.05, 0.1) is 16.0 Å². The Morgan fingerprint density at radius 2 is 1.65 bits per heavy atom. The minimum absolute atomic E-state index is 0.239. The first-order valence-electron chi connectivity index (χ1n) is 11.7. The second-order valence-electron chi connectivity index (χ2n) is 8.82. The number of nitrogens with zero attached hydrogens (tertiary/aromatic N) is 4. The van der Waals surface area contributed by atoms with E-state index in [-0.39, 0.29) is 23.7 Å². The normalized spacial score (nSPS) is 11.1. The summed E-state index contributed by atoms with van der Waals surface area (Å²) < 4.78 is 2.33. The van der Waals surface area contributed by atoms with Crippen LogP contribution in [0.2, 0.25) is 5.02 Å². The number of aromatic nitrogens is 2. The highest BCUT2D eigenvalue weighted by Crippen LogP contribution is 2.29. The molecule has 0 N–H and O–H groups in total. The van der Waals surface area contributed by atoms with Crippen LogP contribution in [0.1, 0.15) is 27.7 Å². The number of thiophene rings is 1. The van der Waals surface area contributed by atoms with E-state index in [0.717, 1.165) is 21.5 Å². The molecule has 0 radical (unpaired) electrons. The van der Waals surface area contributed by atoms with Gasteiger partial charge in [-0.2, -0.15) is 0 Å². The standard InChI is InChI=1S/C27H27ClN4O4S/c1-5-30(15-18-9-7-6-8-10-18)21(33)16-31-26-22(17(2)23(37-26)25(35)29(3)4)24(34)32(27(31)36)20-13-11-19(28)12-14-20/h6-14H,5,15-16H2,1-4H3. The molecule has 8 nitrogen and oxygen atoms in total. The van der Waals surface area contributed by atoms with Crippen LogP contribution in [0.4, 0.5) is 0 Å². The zero-order chi connectivity index (χ0) is 26.9. The number of hydrogen-bond acceptors (Lipinski definition) is 5. The SMILES string of the molecule is CCN(Cc1ccccc1)C(=O)Cn1c(=O)n(-c2ccc(Cl)cc2)c(=O)c2c(C)c(C(=O)N(C)C)sc21. The Morgan fingerprint density at radius 1 is 1.00 bits per heavy atom. The summed E-state index contributed by atoms with van der Waals surface area (Å²) in [4.78, 5) is 57.4. The van der Waals surface area contributed by atoms with Crippen molar-refractivity contribution < 1.29 is 9.59 Å². The minimum Gasteiger partial charge on any atom is -0.344 e. The number of carbonyl (C=O) groups is 2. The Kier molecular flexibility index (Phi) is 7.65. The van der Waals surface area contributed by atoms with E-state index in [0.29, 0.717) is 39.1 Å². The summed E-state index contributed by atoms with van der Waals surface area (Å²) >= 11 is 7.08. The van der Waals surface area contributed by atoms with E-state index in [1.807, 2.05) is 37.3 Å². The number of carbonyl (C=O) groups excluding carboxylic acids is 2. The molecule has 0 bridgehead atoms. The zero-order valence-corrected chi connectivity index (χ0v) is 22.6. The third-order valence-corrected chi connectivity index (χ3v) is 7.70. The lowest BCUT2D eigenvalue weighted by atomic mass is 10.2. The lowest BCUT2D eigenvalue weighted by Crippen LogP contribution is -2.42. The molecule has 2 aromatic carbocycles. The van der Waals surface area contributed by atoms with Crippen LogP contribution >= 0.6 is 22.9 Å². The number of aryl methyl sites for hydroxylation is 1. The summed E-state index contributed by atoms with van der Waals surface area (Å²) in [5.74, 6) is -0.552. The van der Waals surface area contributed by atoms with Gasteiger partial charge >= 0.3 is 5.69 Å². The van der Waals surface area contributed by atoms with Gasteiger partial charge < -0.3 is 9.80 Å². The molecular formula is C27H27ClN4O4S. The molecule has 0 aliphatic carbocycles. The molecule has 0 fully saturated rings. The van der Waals surface area contributed by atoms with Gasteiger partial charge in [0.2, 0.25) is 5.91 Å². The molecule has 0 aliphatic heterocycles. The average Bonchev–Trinajstić information content (AvgIpc) is 3.23. The third kappa shape index (κ3) is 5.10. The summed E-state index contributed by atoms with van der Waals surface area (Å²) in [7, 11) is 3.24. The maximum Gasteiger partial charge on any atom is 0.337 e. The van der Waals surface area contributed by atoms with Crippen LogP contribution in [-0.2, 0) is 17.9 Å². The lowest BCUT2D eigenvalue weighted by Gasteiger charge is -2.22. The Hall–Kier alpha value is -3.69. The van der Waals surface area contributed by atoms with Crippen molar-refractivity contribution in [3.05, 3.63) is 96.5 Å². The zero-order valence-electron chi connectivity index (χ0n) is 21.0. The molecule has 0 aliphatic rings. The van der Waals surface area contributed by atoms with Crippen LogP contribution in [0.5, 0.6) is 0 Å². The van der Waals surface area contributed by atoms with Crippen molar-refractivity contribution in [1.29, 1.82) is 0 Å². The first-order chi connectivity index (χ1) is 17.6. The Morgan fingerprint density at radius 3 is 2.24 bits per heavy atom. The van der Waals surface area contributed by atoms with Gasteiger partial charge in [-0.3, -0.25) is 19.0 Å². The van der Waals surface area contributed by atoms with Gasteiger partial charge in [-0.1, -0.05) is 41.9 Å². The monoisotopic (exact) mass is 538 g/mol. The van der Waals surface area contributed by atoms with E-state index in [1.54, 1.807) is 50.2 Å². The third-order valence-electron chi connectivity index (χ3n) is 6.14. The van der Waals surface area contributed by atoms with Crippen LogP contribution in [0.15, 0.2) is 64.2 Å². The van der Waals surface area contributed by atoms with E-state index < -0.39 is 11.2 Å². The number of halogens is 1. The van der Waals surface area contributed by atoms with Crippen LogP contribution < -0.4 is 11.2 Å². The van der Waals surface area contributed by atoms with E-state index >= 15 is 0 Å². The molecule has 2 aromatic heterocycles. The molecule has 0 spiro atoms. The van der Waals surface area contributed by atoms with Gasteiger partial charge in [0.25, 0.3) is 11.5 Å². The number of amides is 2. The fourth-order valence-electron chi connectivity index (χ4n) is 4.13. The molecule has 37 heavy (non-hydrogen) atoms. The molecule has 10 heteroatoms. The average molecular weight is 539 g/mol. The van der Waals surface area contributed by atoms with Crippen molar-refractivity contribution in [3.8, 4) is 5.69 Å². The Bertz CT molecular complexity index is 1590. The highest BCUT2D eigenvalue weighted by molar-refractivity contribution is 7.20. The molecule has 4 aromatic rings. The number of hydrogen-bond donors (Lipinski definition) is 0. The molecule has 4 rings (SSSR count). The molecule has 0 atom stereocenters. The van der Waals surface area contributed by atoms with Crippen molar-refractivity contribution in [2.45, 2.75) is 26.9 Å². The number of likely N-dealkylation sites (N-methyl/N-ethyl adjacent to an activating group) is 1. The molecular weight excluding hydrogens is 512 g/mol. The topological polar surface area (TPSA) is 84.6 Å². The fraction of sp³-hybridized carbons (Fsp3) is 0.259. The largest absolute Gasteiger partial charge is 0.344 e. The van der Waals surface area contributed by atoms with Crippen molar-refractivity contribution >= 4 is 45.0 Å². The van der Waals surface area contributed by atoms with Gasteiger partial charge in [-0.15, -0.1) is 11.3 Å². The maximum atomic E-state index is 13.8. The molecule has 0 saturated heterocycles. The fourth-order valence-corrected chi connectivity index (χ4v) is 5.57. The van der Waals surface area contributed by atoms with E-state index in [1.165, 1.54) is 9.47 Å². The van der Waals surface area contributed by atoms with Gasteiger partial charge in [0.15, 0.2) is 0 Å². The second kappa shape index (κ2) is 10.7. The number of fused-ring (bicyclic) bond motifs is 1. The van der Waals surface area contributed by atoms with Crippen molar-refractivity contribution in [2.75, 3.05) is 20.6 Å². The quantitative estimate of drug-likeness (QED) is 0.357. The maximum absolute atomic E-state index is 13.8. The highest BCUT2D eigenvalue weighted by atomic mass is 35.5. The van der Waals surface area contributed by atoms with E-state index in [9.17, 15) is 19.2 Å². The lowest BCUT2D eigenvalue weighted by molar-refractivity contribution is -0.132. The second-order valence-corrected chi connectivity index (χ2v) is 10.3. The Balaban J connectivity index is 1.91. The first-order valence-corrected chi connectivity index (χ1v) is 12.9. The van der Waals surface area contributed by atoms with Crippen LogP contribution in [0, 0.1) is 6.92 Å². The summed E-state index contributed by atoms with van der Waals surface area (Å²) in [6.07, 6.45) is 0. The van der Waals surface area contributed by atoms with Gasteiger partial charge in [0.1, 0.15) is 11.4 Å². The predicted octanol–water partition coefficient (Wildman–Crippen LogP) is 3.93. The number of rotatable bonds is 7. The smallest absolute Gasteiger partial charge is 0.337 e. The summed E-state index contributed by atoms with van der Waals surface area (Å²) in [5.41, 5.74) is 0.560. The van der Waals surface area contributed by atoms with Gasteiger partial charge in [-0.25, -0.2) is 9.36 Å². The van der Waals surface area contributed by atoms with Crippen LogP contribution in [-0.4, -0.2) is 51.4 Å². The van der Waals surface area contributed by atoms with Gasteiger partial charge in [0, 0.05) is 32.2 Å². The summed E-state index contributed by atoms with van der Waals surface area (Å²) in [6, 6.07) is 15.9. The molecule has 0 saturated carbocycles. The minimum atomic E-state index is -0.658. The molecule has 0 unspecified atom stereocenters. The predicted molar refractivity (Wildman–Crippen MR) is 147 cm³/mol. The number of benzene rings is 2. The first kappa shape index (κ1) is 26.4. The van der Waals surface area contributed by atoms with Crippen LogP contribution in [0.3, 0.4) is 0 Å². The van der Waals surface area contributed by atoms with E-state index in [4.69, 9.17) is 11.6 Å². The highest BCUT2D eigenvalue weighted by Gasteiger charge is 2.26. The summed E-state index contributed by atoms with van der Waals surface area (Å²) in [5, 5.41) is 0.696. The molecule has 192 valence electrons. The van der Waals surface area contributed by atoms with Crippen molar-refractivity contribution in [2.24, 2.45) is 0 Å². The van der Waals surface area contributed by atoms with Crippen molar-refractivity contribution in [3.63, 3.8) is 0 Å². The van der Waals surface area contributed by atoms with Gasteiger partial charge in [-0.05, 0) is 49.2 Å². The van der Waals surface area contributed by atoms with Crippen molar-refractivity contribution in [1.82, 2.24) is 18.9 Å². The molecule has 2 heterocycles. The molecule has 2 amide bonds. The summed E-state index contributed by atoms with van der Waals surface area (Å²) in [6.45, 7) is 4.11. The van der Waals surface area contributed by atoms with E-state index in [2.05, 4.69) is 0 Å². The van der Waals surface area contributed by atoms with Crippen LogP contribution in [0.25, 0.3) is 15.9 Å².